The molecule has 0 aromatic heterocycles. The van der Waals surface area contributed by atoms with Crippen LogP contribution in [0.3, 0.4) is 0 Å². The van der Waals surface area contributed by atoms with Crippen molar-refractivity contribution in [3.63, 3.8) is 0 Å². The van der Waals surface area contributed by atoms with Crippen molar-refractivity contribution in [2.24, 2.45) is 0 Å². The highest BCUT2D eigenvalue weighted by molar-refractivity contribution is 5.85. The van der Waals surface area contributed by atoms with Crippen LogP contribution in [0.5, 0.6) is 11.5 Å². The molecule has 1 N–H and O–H groups in total. The van der Waals surface area contributed by atoms with E-state index in [-0.39, 0.29) is 36.6 Å². The molecule has 1 fully saturated rings. The molecule has 0 bridgehead atoms. The summed E-state index contributed by atoms with van der Waals surface area (Å²) in [5, 5.41) is 3.35. The van der Waals surface area contributed by atoms with Gasteiger partial charge in [0.1, 0.15) is 18.1 Å². The molecule has 0 saturated carbocycles. The summed E-state index contributed by atoms with van der Waals surface area (Å²) in [7, 11) is 0. The van der Waals surface area contributed by atoms with Gasteiger partial charge < -0.3 is 14.8 Å². The fourth-order valence-electron chi connectivity index (χ4n) is 3.92. The molecule has 0 spiro atoms. The monoisotopic (exact) mass is 514 g/mol. The van der Waals surface area contributed by atoms with Crippen LogP contribution in [0.15, 0.2) is 78.9 Å². The summed E-state index contributed by atoms with van der Waals surface area (Å²) in [6.45, 7) is 3.85. The molecule has 1 atom stereocenters. The van der Waals surface area contributed by atoms with E-state index in [9.17, 15) is 13.2 Å². The number of alkyl halides is 3. The molecule has 34 heavy (non-hydrogen) atoms. The van der Waals surface area contributed by atoms with E-state index in [2.05, 4.69) is 15.0 Å². The molecule has 0 unspecified atom stereocenters. The van der Waals surface area contributed by atoms with Crippen molar-refractivity contribution in [2.75, 3.05) is 26.2 Å². The first-order valence-corrected chi connectivity index (χ1v) is 10.6. The highest BCUT2D eigenvalue weighted by atomic mass is 35.5. The van der Waals surface area contributed by atoms with Gasteiger partial charge in [0.05, 0.1) is 6.04 Å². The Morgan fingerprint density at radius 2 is 1.47 bits per heavy atom. The van der Waals surface area contributed by atoms with Crippen molar-refractivity contribution >= 4 is 24.8 Å². The zero-order chi connectivity index (χ0) is 22.4. The number of hydrogen-bond donors (Lipinski definition) is 1. The molecule has 3 aromatic carbocycles. The lowest BCUT2D eigenvalue weighted by molar-refractivity contribution is -0.274. The van der Waals surface area contributed by atoms with Gasteiger partial charge in [0.15, 0.2) is 0 Å². The first kappa shape index (κ1) is 27.8. The SMILES string of the molecule is Cl.Cl.FC(F)(F)Oc1ccc([C@H](c2cccc(OCc3ccccc3)c2)N2CCNCC2)cc1. The van der Waals surface area contributed by atoms with Gasteiger partial charge in [-0.05, 0) is 41.0 Å². The fraction of sp³-hybridized carbons (Fsp3) is 0.280. The Labute approximate surface area is 209 Å². The minimum Gasteiger partial charge on any atom is -0.489 e. The minimum absolute atomic E-state index is 0. The second kappa shape index (κ2) is 12.9. The number of piperazine rings is 1. The van der Waals surface area contributed by atoms with Gasteiger partial charge in [-0.15, -0.1) is 38.0 Å². The molecule has 1 heterocycles. The third kappa shape index (κ3) is 7.81. The Hall–Kier alpha value is -2.45. The van der Waals surface area contributed by atoms with E-state index in [0.29, 0.717) is 6.61 Å². The zero-order valence-electron chi connectivity index (χ0n) is 18.3. The molecule has 0 amide bonds. The highest BCUT2D eigenvalue weighted by Gasteiger charge is 2.31. The Balaban J connectivity index is 0.00000204. The summed E-state index contributed by atoms with van der Waals surface area (Å²) in [5.74, 6) is 0.531. The van der Waals surface area contributed by atoms with Crippen LogP contribution in [0.4, 0.5) is 13.2 Å². The maximum atomic E-state index is 12.5. The molecular formula is C25H27Cl2F3N2O2. The van der Waals surface area contributed by atoms with E-state index < -0.39 is 6.36 Å². The van der Waals surface area contributed by atoms with E-state index in [1.54, 1.807) is 12.1 Å². The Bertz CT molecular complexity index is 999. The predicted octanol–water partition coefficient (Wildman–Crippen LogP) is 6.00. The minimum atomic E-state index is -4.70. The second-order valence-electron chi connectivity index (χ2n) is 7.65. The lowest BCUT2D eigenvalue weighted by Crippen LogP contribution is -2.45. The molecule has 1 aliphatic rings. The topological polar surface area (TPSA) is 33.7 Å². The lowest BCUT2D eigenvalue weighted by Gasteiger charge is -2.35. The van der Waals surface area contributed by atoms with Crippen molar-refractivity contribution in [3.8, 4) is 11.5 Å². The number of nitrogens with one attached hydrogen (secondary N) is 1. The summed E-state index contributed by atoms with van der Waals surface area (Å²) in [4.78, 5) is 2.33. The summed E-state index contributed by atoms with van der Waals surface area (Å²) in [6, 6.07) is 23.9. The Morgan fingerprint density at radius 1 is 0.794 bits per heavy atom. The number of benzene rings is 3. The molecular weight excluding hydrogens is 488 g/mol. The first-order chi connectivity index (χ1) is 15.5. The van der Waals surface area contributed by atoms with Gasteiger partial charge in [0, 0.05) is 26.2 Å². The van der Waals surface area contributed by atoms with Gasteiger partial charge in [-0.1, -0.05) is 54.6 Å². The van der Waals surface area contributed by atoms with Crippen LogP contribution in [-0.2, 0) is 6.61 Å². The summed E-state index contributed by atoms with van der Waals surface area (Å²) in [5.41, 5.74) is 3.01. The van der Waals surface area contributed by atoms with E-state index in [4.69, 9.17) is 4.74 Å². The number of halogens is 5. The summed E-state index contributed by atoms with van der Waals surface area (Å²) >= 11 is 0. The van der Waals surface area contributed by atoms with E-state index >= 15 is 0 Å². The van der Waals surface area contributed by atoms with E-state index in [1.165, 1.54) is 12.1 Å². The van der Waals surface area contributed by atoms with Crippen LogP contribution < -0.4 is 14.8 Å². The van der Waals surface area contributed by atoms with Crippen molar-refractivity contribution in [1.82, 2.24) is 10.2 Å². The molecule has 4 rings (SSSR count). The van der Waals surface area contributed by atoms with Crippen LogP contribution in [0.1, 0.15) is 22.7 Å². The van der Waals surface area contributed by atoms with E-state index in [0.717, 1.165) is 48.6 Å². The van der Waals surface area contributed by atoms with Gasteiger partial charge in [-0.2, -0.15) is 0 Å². The Morgan fingerprint density at radius 3 is 2.12 bits per heavy atom. The molecule has 3 aromatic rings. The average Bonchev–Trinajstić information content (AvgIpc) is 2.80. The van der Waals surface area contributed by atoms with Crippen molar-refractivity contribution in [3.05, 3.63) is 95.6 Å². The number of nitrogens with zero attached hydrogens (tertiary/aromatic N) is 1. The molecule has 9 heteroatoms. The van der Waals surface area contributed by atoms with Crippen molar-refractivity contribution in [2.45, 2.75) is 19.0 Å². The second-order valence-corrected chi connectivity index (χ2v) is 7.65. The van der Waals surface area contributed by atoms with Gasteiger partial charge in [-0.25, -0.2) is 0 Å². The normalized spacial score (nSPS) is 14.9. The molecule has 1 saturated heterocycles. The van der Waals surface area contributed by atoms with Gasteiger partial charge in [0.2, 0.25) is 0 Å². The largest absolute Gasteiger partial charge is 0.573 e. The number of ether oxygens (including phenoxy) is 2. The van der Waals surface area contributed by atoms with Crippen LogP contribution in [0.2, 0.25) is 0 Å². The quantitative estimate of drug-likeness (QED) is 0.419. The molecule has 1 aliphatic heterocycles. The number of hydrogen-bond acceptors (Lipinski definition) is 4. The smallest absolute Gasteiger partial charge is 0.489 e. The van der Waals surface area contributed by atoms with Crippen LogP contribution in [0, 0.1) is 0 Å². The lowest BCUT2D eigenvalue weighted by atomic mass is 9.96. The molecule has 184 valence electrons. The Kier molecular flexibility index (Phi) is 10.5. The maximum absolute atomic E-state index is 12.5. The molecule has 0 radical (unpaired) electrons. The first-order valence-electron chi connectivity index (χ1n) is 10.6. The van der Waals surface area contributed by atoms with Crippen LogP contribution in [-0.4, -0.2) is 37.4 Å². The maximum Gasteiger partial charge on any atom is 0.573 e. The van der Waals surface area contributed by atoms with Crippen molar-refractivity contribution < 1.29 is 22.6 Å². The van der Waals surface area contributed by atoms with Gasteiger partial charge in [-0.3, -0.25) is 4.90 Å². The summed E-state index contributed by atoms with van der Waals surface area (Å²) in [6.07, 6.45) is -4.70. The van der Waals surface area contributed by atoms with Gasteiger partial charge >= 0.3 is 6.36 Å². The predicted molar refractivity (Wildman–Crippen MR) is 131 cm³/mol. The average molecular weight is 515 g/mol. The fourth-order valence-corrected chi connectivity index (χ4v) is 3.92. The third-order valence-corrected chi connectivity index (χ3v) is 5.37. The standard InChI is InChI=1S/C25H25F3N2O2.2ClH/c26-25(27,28)32-22-11-9-20(10-12-22)24(30-15-13-29-14-16-30)21-7-4-8-23(17-21)31-18-19-5-2-1-3-6-19;;/h1-12,17,24,29H,13-16,18H2;2*1H/t24-;;/m1../s1. The van der Waals surface area contributed by atoms with Crippen molar-refractivity contribution in [1.29, 1.82) is 0 Å². The molecule has 4 nitrogen and oxygen atoms in total. The van der Waals surface area contributed by atoms with Crippen LogP contribution in [0.25, 0.3) is 0 Å². The summed E-state index contributed by atoms with van der Waals surface area (Å²) < 4.78 is 47.7. The van der Waals surface area contributed by atoms with E-state index in [1.807, 2.05) is 54.6 Å². The molecule has 0 aliphatic carbocycles. The van der Waals surface area contributed by atoms with Crippen LogP contribution >= 0.6 is 24.8 Å². The number of rotatable bonds is 7. The highest BCUT2D eigenvalue weighted by Crippen LogP contribution is 2.33. The third-order valence-electron chi connectivity index (χ3n) is 5.37. The zero-order valence-corrected chi connectivity index (χ0v) is 20.0. The van der Waals surface area contributed by atoms with Gasteiger partial charge in [0.25, 0.3) is 0 Å².